The van der Waals surface area contributed by atoms with Crippen LogP contribution in [0.5, 0.6) is 0 Å². The minimum Gasteiger partial charge on any atom is -0.478 e. The molecule has 2 aromatic carbocycles. The molecule has 0 radical (unpaired) electrons. The molecule has 0 aliphatic carbocycles. The summed E-state index contributed by atoms with van der Waals surface area (Å²) in [5.74, 6) is -0.638. The third-order valence-corrected chi connectivity index (χ3v) is 5.90. The van der Waals surface area contributed by atoms with Crippen LogP contribution in [0.25, 0.3) is 11.0 Å². The molecule has 0 saturated carbocycles. The molecule has 0 spiro atoms. The predicted octanol–water partition coefficient (Wildman–Crippen LogP) is 4.71. The Morgan fingerprint density at radius 3 is 2.84 bits per heavy atom. The molecule has 0 amide bonds. The van der Waals surface area contributed by atoms with Crippen LogP contribution in [-0.4, -0.2) is 24.2 Å². The molecule has 1 fully saturated rings. The normalized spacial score (nSPS) is 17.0. The highest BCUT2D eigenvalue weighted by Gasteiger charge is 2.23. The minimum atomic E-state index is -1.01. The number of carboxylic acids is 1. The van der Waals surface area contributed by atoms with Gasteiger partial charge in [0, 0.05) is 30.4 Å². The van der Waals surface area contributed by atoms with Crippen molar-refractivity contribution in [1.82, 2.24) is 0 Å². The molecule has 1 saturated heterocycles. The molecule has 3 aromatic rings. The second-order valence-corrected chi connectivity index (χ2v) is 8.31. The van der Waals surface area contributed by atoms with Crippen LogP contribution in [0.2, 0.25) is 0 Å². The number of piperidine rings is 1. The summed E-state index contributed by atoms with van der Waals surface area (Å²) in [6, 6.07) is 14.0. The lowest BCUT2D eigenvalue weighted by molar-refractivity contribution is 0.0698. The number of hydrogen-bond donors (Lipinski definition) is 2. The van der Waals surface area contributed by atoms with E-state index in [2.05, 4.69) is 11.4 Å². The van der Waals surface area contributed by atoms with Crippen LogP contribution in [0, 0.1) is 24.2 Å². The van der Waals surface area contributed by atoms with Gasteiger partial charge < -0.3 is 19.7 Å². The van der Waals surface area contributed by atoms with Crippen LogP contribution in [0.15, 0.2) is 51.7 Å². The maximum atomic E-state index is 13.0. The Labute approximate surface area is 185 Å². The van der Waals surface area contributed by atoms with Crippen LogP contribution in [0.3, 0.4) is 0 Å². The largest absolute Gasteiger partial charge is 0.478 e. The molecule has 4 rings (SSSR count). The van der Waals surface area contributed by atoms with Crippen LogP contribution in [0.1, 0.15) is 47.3 Å². The van der Waals surface area contributed by atoms with Crippen molar-refractivity contribution in [3.05, 3.63) is 69.4 Å². The molecule has 1 aromatic heterocycles. The fourth-order valence-electron chi connectivity index (χ4n) is 4.29. The summed E-state index contributed by atoms with van der Waals surface area (Å²) in [6.07, 6.45) is 1.71. The number of benzene rings is 2. The Bertz CT molecular complexity index is 1270. The van der Waals surface area contributed by atoms with E-state index in [1.807, 2.05) is 24.8 Å². The molecule has 164 valence electrons. The lowest BCUT2D eigenvalue weighted by atomic mass is 9.99. The number of aromatic carboxylic acids is 1. The molecule has 2 atom stereocenters. The fraction of sp³-hybridized carbons (Fsp3) is 0.320. The molecule has 7 heteroatoms. The highest BCUT2D eigenvalue weighted by molar-refractivity contribution is 5.94. The molecule has 0 bridgehead atoms. The van der Waals surface area contributed by atoms with Gasteiger partial charge in [-0.1, -0.05) is 18.2 Å². The Balaban J connectivity index is 1.77. The van der Waals surface area contributed by atoms with E-state index in [1.165, 1.54) is 6.07 Å². The molecular formula is C25H25N3O4. The standard InChI is InChI=1S/C25H25N3O4/c1-15-10-19(16(2)27-21-8-4-3-7-18(21)25(30)31)24-20(11-15)22(29)12-23(32-24)28-9-5-6-17(13-26)14-28/h3-4,7-8,10-12,16-17,27H,5-6,9,14H2,1-2H3,(H,30,31). The third kappa shape index (κ3) is 4.17. The fourth-order valence-corrected chi connectivity index (χ4v) is 4.29. The van der Waals surface area contributed by atoms with Crippen LogP contribution >= 0.6 is 0 Å². The summed E-state index contributed by atoms with van der Waals surface area (Å²) < 4.78 is 6.26. The van der Waals surface area contributed by atoms with Gasteiger partial charge in [-0.15, -0.1) is 0 Å². The van der Waals surface area contributed by atoms with Crippen molar-refractivity contribution >= 4 is 28.5 Å². The van der Waals surface area contributed by atoms with Gasteiger partial charge in [-0.2, -0.15) is 5.26 Å². The zero-order valence-electron chi connectivity index (χ0n) is 18.1. The number of nitrogens with one attached hydrogen (secondary N) is 1. The van der Waals surface area contributed by atoms with E-state index in [0.29, 0.717) is 29.1 Å². The van der Waals surface area contributed by atoms with Gasteiger partial charge in [0.1, 0.15) is 5.58 Å². The third-order valence-electron chi connectivity index (χ3n) is 5.90. The zero-order valence-corrected chi connectivity index (χ0v) is 18.1. The Morgan fingerprint density at radius 2 is 2.09 bits per heavy atom. The molecule has 1 aliphatic rings. The minimum absolute atomic E-state index is 0.0876. The molecule has 2 N–H and O–H groups in total. The summed E-state index contributed by atoms with van der Waals surface area (Å²) >= 11 is 0. The first-order valence-corrected chi connectivity index (χ1v) is 10.7. The maximum absolute atomic E-state index is 13.0. The molecule has 1 aliphatic heterocycles. The number of nitriles is 1. The van der Waals surface area contributed by atoms with Crippen LogP contribution < -0.4 is 15.6 Å². The zero-order chi connectivity index (χ0) is 22.8. The second kappa shape index (κ2) is 8.75. The second-order valence-electron chi connectivity index (χ2n) is 8.31. The van der Waals surface area contributed by atoms with E-state index >= 15 is 0 Å². The SMILES string of the molecule is Cc1cc(C(C)Nc2ccccc2C(=O)O)c2oc(N3CCCC(C#N)C3)cc(=O)c2c1. The summed E-state index contributed by atoms with van der Waals surface area (Å²) in [6.45, 7) is 5.09. The quantitative estimate of drug-likeness (QED) is 0.602. The molecule has 32 heavy (non-hydrogen) atoms. The number of carboxylic acid groups (broad SMARTS) is 1. The number of nitrogens with zero attached hydrogens (tertiary/aromatic N) is 2. The smallest absolute Gasteiger partial charge is 0.337 e. The van der Waals surface area contributed by atoms with Gasteiger partial charge in [0.25, 0.3) is 0 Å². The summed E-state index contributed by atoms with van der Waals surface area (Å²) in [7, 11) is 0. The van der Waals surface area contributed by atoms with Gasteiger partial charge in [-0.05, 0) is 50.5 Å². The van der Waals surface area contributed by atoms with Gasteiger partial charge in [0.15, 0.2) is 11.3 Å². The number of para-hydroxylation sites is 1. The summed E-state index contributed by atoms with van der Waals surface area (Å²) in [4.78, 5) is 26.5. The lowest BCUT2D eigenvalue weighted by Crippen LogP contribution is -2.35. The number of anilines is 2. The number of rotatable bonds is 5. The van der Waals surface area contributed by atoms with Crippen LogP contribution in [0.4, 0.5) is 11.6 Å². The first-order chi connectivity index (χ1) is 15.4. The number of fused-ring (bicyclic) bond motifs is 1. The summed E-state index contributed by atoms with van der Waals surface area (Å²) in [5, 5.41) is 22.6. The average Bonchev–Trinajstić information content (AvgIpc) is 2.79. The lowest BCUT2D eigenvalue weighted by Gasteiger charge is -2.30. The van der Waals surface area contributed by atoms with Gasteiger partial charge in [0.05, 0.1) is 29.0 Å². The van der Waals surface area contributed by atoms with Crippen molar-refractivity contribution < 1.29 is 14.3 Å². The van der Waals surface area contributed by atoms with Crippen molar-refractivity contribution in [2.45, 2.75) is 32.7 Å². The van der Waals surface area contributed by atoms with Crippen molar-refractivity contribution in [1.29, 1.82) is 5.26 Å². The van der Waals surface area contributed by atoms with E-state index in [-0.39, 0.29) is 23.0 Å². The highest BCUT2D eigenvalue weighted by Crippen LogP contribution is 2.32. The molecule has 2 unspecified atom stereocenters. The van der Waals surface area contributed by atoms with Crippen molar-refractivity contribution in [2.24, 2.45) is 5.92 Å². The Kier molecular flexibility index (Phi) is 5.87. The maximum Gasteiger partial charge on any atom is 0.337 e. The average molecular weight is 431 g/mol. The van der Waals surface area contributed by atoms with Gasteiger partial charge in [-0.3, -0.25) is 4.79 Å². The molecular weight excluding hydrogens is 406 g/mol. The monoisotopic (exact) mass is 431 g/mol. The molecule has 2 heterocycles. The van der Waals surface area contributed by atoms with Crippen LogP contribution in [-0.2, 0) is 0 Å². The van der Waals surface area contributed by atoms with Gasteiger partial charge in [-0.25, -0.2) is 4.79 Å². The van der Waals surface area contributed by atoms with Crippen molar-refractivity contribution in [2.75, 3.05) is 23.3 Å². The summed E-state index contributed by atoms with van der Waals surface area (Å²) in [5.41, 5.74) is 2.69. The van der Waals surface area contributed by atoms with Crippen molar-refractivity contribution in [3.8, 4) is 6.07 Å². The molecule has 7 nitrogen and oxygen atoms in total. The number of carbonyl (C=O) groups is 1. The first kappa shape index (κ1) is 21.4. The number of hydrogen-bond acceptors (Lipinski definition) is 6. The van der Waals surface area contributed by atoms with E-state index < -0.39 is 5.97 Å². The van der Waals surface area contributed by atoms with Gasteiger partial charge in [0.2, 0.25) is 0 Å². The van der Waals surface area contributed by atoms with Gasteiger partial charge >= 0.3 is 5.97 Å². The van der Waals surface area contributed by atoms with E-state index in [4.69, 9.17) is 4.42 Å². The van der Waals surface area contributed by atoms with E-state index in [9.17, 15) is 20.0 Å². The van der Waals surface area contributed by atoms with E-state index in [0.717, 1.165) is 30.5 Å². The highest BCUT2D eigenvalue weighted by atomic mass is 16.4. The van der Waals surface area contributed by atoms with E-state index in [1.54, 1.807) is 30.3 Å². The topological polar surface area (TPSA) is 107 Å². The first-order valence-electron chi connectivity index (χ1n) is 10.7. The van der Waals surface area contributed by atoms with Crippen molar-refractivity contribution in [3.63, 3.8) is 0 Å². The predicted molar refractivity (Wildman–Crippen MR) is 123 cm³/mol. The Morgan fingerprint density at radius 1 is 1.31 bits per heavy atom. The Hall–Kier alpha value is -3.79. The number of aryl methyl sites for hydroxylation is 1.